The molecular formula is C32H36N4O3S. The molecule has 4 aromatic rings. The van der Waals surface area contributed by atoms with Crippen LogP contribution in [0.5, 0.6) is 17.5 Å². The lowest BCUT2D eigenvalue weighted by Gasteiger charge is -2.35. The molecule has 7 nitrogen and oxygen atoms in total. The van der Waals surface area contributed by atoms with E-state index in [4.69, 9.17) is 24.2 Å². The van der Waals surface area contributed by atoms with E-state index in [2.05, 4.69) is 71.4 Å². The molecule has 1 aliphatic heterocycles. The maximum atomic E-state index is 6.40. The molecule has 40 heavy (non-hydrogen) atoms. The third-order valence-electron chi connectivity index (χ3n) is 6.76. The molecule has 0 aliphatic carbocycles. The predicted octanol–water partition coefficient (Wildman–Crippen LogP) is 5.98. The van der Waals surface area contributed by atoms with Crippen molar-refractivity contribution in [2.24, 2.45) is 0 Å². The Kier molecular flexibility index (Phi) is 9.90. The number of aryl methyl sites for hydroxylation is 2. The number of nitrogens with zero attached hydrogens (tertiary/aromatic N) is 4. The average molecular weight is 557 g/mol. The number of benzene rings is 3. The van der Waals surface area contributed by atoms with E-state index in [9.17, 15) is 0 Å². The van der Waals surface area contributed by atoms with Crippen molar-refractivity contribution in [3.05, 3.63) is 96.1 Å². The Labute approximate surface area is 241 Å². The van der Waals surface area contributed by atoms with Gasteiger partial charge in [-0.2, -0.15) is 9.97 Å². The van der Waals surface area contributed by atoms with Crippen molar-refractivity contribution in [2.45, 2.75) is 22.9 Å². The lowest BCUT2D eigenvalue weighted by molar-refractivity contribution is 0.143. The van der Waals surface area contributed by atoms with Crippen LogP contribution in [0, 0.1) is 0 Å². The summed E-state index contributed by atoms with van der Waals surface area (Å²) in [6, 6.07) is 28.9. The minimum absolute atomic E-state index is 0.387. The van der Waals surface area contributed by atoms with Gasteiger partial charge in [-0.05, 0) is 67.0 Å². The van der Waals surface area contributed by atoms with Crippen molar-refractivity contribution >= 4 is 17.4 Å². The van der Waals surface area contributed by atoms with Crippen LogP contribution in [0.25, 0.3) is 0 Å². The van der Waals surface area contributed by atoms with Gasteiger partial charge in [0.05, 0.1) is 6.61 Å². The molecule has 0 spiro atoms. The summed E-state index contributed by atoms with van der Waals surface area (Å²) in [5.41, 5.74) is 3.40. The van der Waals surface area contributed by atoms with Crippen LogP contribution in [0.15, 0.2) is 95.0 Å². The first kappa shape index (κ1) is 28.0. The number of methoxy groups -OCH3 is 1. The highest BCUT2D eigenvalue weighted by Crippen LogP contribution is 2.41. The minimum atomic E-state index is 0.387. The second-order valence-corrected chi connectivity index (χ2v) is 10.8. The second kappa shape index (κ2) is 14.2. The third kappa shape index (κ3) is 7.75. The number of para-hydroxylation sites is 1. The van der Waals surface area contributed by atoms with Crippen LogP contribution in [0.4, 0.5) is 5.69 Å². The zero-order valence-electron chi connectivity index (χ0n) is 23.2. The molecule has 2 heterocycles. The number of piperazine rings is 1. The lowest BCUT2D eigenvalue weighted by Crippen LogP contribution is -2.44. The summed E-state index contributed by atoms with van der Waals surface area (Å²) in [5.74, 6) is 1.74. The van der Waals surface area contributed by atoms with Gasteiger partial charge in [-0.3, -0.25) is 0 Å². The summed E-state index contributed by atoms with van der Waals surface area (Å²) in [6.45, 7) is 4.40. The highest BCUT2D eigenvalue weighted by molar-refractivity contribution is 7.99. The summed E-state index contributed by atoms with van der Waals surface area (Å²) in [5, 5.41) is 0.580. The van der Waals surface area contributed by atoms with E-state index in [-0.39, 0.29) is 0 Å². The number of hydrogen-bond donors (Lipinski definition) is 0. The van der Waals surface area contributed by atoms with Crippen molar-refractivity contribution < 1.29 is 14.2 Å². The van der Waals surface area contributed by atoms with Gasteiger partial charge in [-0.15, -0.1) is 0 Å². The topological polar surface area (TPSA) is 60.0 Å². The van der Waals surface area contributed by atoms with E-state index < -0.39 is 0 Å². The van der Waals surface area contributed by atoms with E-state index in [1.807, 2.05) is 30.3 Å². The van der Waals surface area contributed by atoms with Gasteiger partial charge < -0.3 is 24.0 Å². The molecule has 0 N–H and O–H groups in total. The summed E-state index contributed by atoms with van der Waals surface area (Å²) < 4.78 is 17.9. The molecule has 1 aliphatic rings. The van der Waals surface area contributed by atoms with Crippen LogP contribution < -0.4 is 14.4 Å². The summed E-state index contributed by atoms with van der Waals surface area (Å²) in [6.07, 6.45) is 1.97. The fourth-order valence-electron chi connectivity index (χ4n) is 4.54. The molecule has 0 radical (unpaired) electrons. The number of aromatic nitrogens is 2. The molecule has 5 rings (SSSR count). The first-order chi connectivity index (χ1) is 19.7. The van der Waals surface area contributed by atoms with Gasteiger partial charge in [0.15, 0.2) is 10.8 Å². The number of hydrogen-bond acceptors (Lipinski definition) is 8. The summed E-state index contributed by atoms with van der Waals surface area (Å²) in [4.78, 5) is 15.5. The smallest absolute Gasteiger partial charge is 0.251 e. The number of rotatable bonds is 12. The summed E-state index contributed by atoms with van der Waals surface area (Å²) >= 11 is 1.52. The van der Waals surface area contributed by atoms with Crippen LogP contribution in [0.1, 0.15) is 11.1 Å². The number of likely N-dealkylation sites (N-methyl/N-ethyl adjacent to an activating group) is 1. The molecule has 3 aromatic carbocycles. The molecular weight excluding hydrogens is 520 g/mol. The SMILES string of the molecule is COCCOc1nc(Sc2cccc(CCc3ccccc3)c2)nc(Oc2ccccc2)c1N1CCN(C)CC1. The predicted molar refractivity (Wildman–Crippen MR) is 160 cm³/mol. The molecule has 1 fully saturated rings. The standard InChI is InChI=1S/C32H36N4O3S/c1-35-18-20-36(21-19-35)29-30(38-23-22-37-2)33-32(34-31(29)39-27-13-7-4-8-14-27)40-28-15-9-12-26(24-28)17-16-25-10-5-3-6-11-25/h3-15,24H,16-23H2,1-2H3. The quantitative estimate of drug-likeness (QED) is 0.156. The Balaban J connectivity index is 1.44. The second-order valence-electron chi connectivity index (χ2n) is 9.75. The van der Waals surface area contributed by atoms with Gasteiger partial charge in [0.2, 0.25) is 5.88 Å². The fourth-order valence-corrected chi connectivity index (χ4v) is 5.36. The van der Waals surface area contributed by atoms with Crippen LogP contribution in [0.3, 0.4) is 0 Å². The van der Waals surface area contributed by atoms with Crippen molar-refractivity contribution in [1.29, 1.82) is 0 Å². The van der Waals surface area contributed by atoms with E-state index in [0.29, 0.717) is 30.1 Å². The van der Waals surface area contributed by atoms with Crippen molar-refractivity contribution in [3.8, 4) is 17.5 Å². The van der Waals surface area contributed by atoms with E-state index >= 15 is 0 Å². The van der Waals surface area contributed by atoms with Gasteiger partial charge in [0, 0.05) is 38.2 Å². The number of anilines is 1. The maximum Gasteiger partial charge on any atom is 0.251 e. The third-order valence-corrected chi connectivity index (χ3v) is 7.61. The Bertz CT molecular complexity index is 1350. The monoisotopic (exact) mass is 556 g/mol. The molecule has 0 unspecified atom stereocenters. The minimum Gasteiger partial charge on any atom is -0.474 e. The van der Waals surface area contributed by atoms with Crippen molar-refractivity contribution in [2.75, 3.05) is 58.5 Å². The first-order valence-corrected chi connectivity index (χ1v) is 14.5. The molecule has 1 aromatic heterocycles. The van der Waals surface area contributed by atoms with Gasteiger partial charge in [0.25, 0.3) is 5.88 Å². The largest absolute Gasteiger partial charge is 0.474 e. The first-order valence-electron chi connectivity index (χ1n) is 13.7. The number of ether oxygens (including phenoxy) is 3. The van der Waals surface area contributed by atoms with E-state index in [0.717, 1.165) is 55.4 Å². The van der Waals surface area contributed by atoms with Gasteiger partial charge in [0.1, 0.15) is 12.4 Å². The Hall–Kier alpha value is -3.59. The normalized spacial score (nSPS) is 13.8. The lowest BCUT2D eigenvalue weighted by atomic mass is 10.0. The van der Waals surface area contributed by atoms with Gasteiger partial charge in [-0.25, -0.2) is 0 Å². The van der Waals surface area contributed by atoms with Crippen molar-refractivity contribution in [3.63, 3.8) is 0 Å². The molecule has 208 valence electrons. The molecule has 0 atom stereocenters. The average Bonchev–Trinajstić information content (AvgIpc) is 2.98. The molecule has 0 amide bonds. The Morgan fingerprint density at radius 1 is 0.750 bits per heavy atom. The van der Waals surface area contributed by atoms with Crippen molar-refractivity contribution in [1.82, 2.24) is 14.9 Å². The van der Waals surface area contributed by atoms with E-state index in [1.165, 1.54) is 22.9 Å². The van der Waals surface area contributed by atoms with Gasteiger partial charge in [-0.1, -0.05) is 60.7 Å². The Morgan fingerprint density at radius 3 is 2.17 bits per heavy atom. The van der Waals surface area contributed by atoms with Crippen LogP contribution in [0.2, 0.25) is 0 Å². The fraction of sp³-hybridized carbons (Fsp3) is 0.312. The molecule has 8 heteroatoms. The summed E-state index contributed by atoms with van der Waals surface area (Å²) in [7, 11) is 3.81. The zero-order chi connectivity index (χ0) is 27.6. The Morgan fingerprint density at radius 2 is 1.43 bits per heavy atom. The molecule has 0 bridgehead atoms. The molecule has 0 saturated carbocycles. The van der Waals surface area contributed by atoms with Crippen LogP contribution >= 0.6 is 11.8 Å². The van der Waals surface area contributed by atoms with E-state index in [1.54, 1.807) is 7.11 Å². The van der Waals surface area contributed by atoms with Crippen LogP contribution in [-0.4, -0.2) is 68.4 Å². The molecule has 1 saturated heterocycles. The highest BCUT2D eigenvalue weighted by Gasteiger charge is 2.26. The highest BCUT2D eigenvalue weighted by atomic mass is 32.2. The maximum absolute atomic E-state index is 6.40. The van der Waals surface area contributed by atoms with Gasteiger partial charge >= 0.3 is 0 Å². The van der Waals surface area contributed by atoms with Crippen LogP contribution in [-0.2, 0) is 17.6 Å². The zero-order valence-corrected chi connectivity index (χ0v) is 24.0.